The SMILES string of the molecule is CCn1c(=O)c2cc(OC)c(OC)cc2n(Cc2ccccc2)c1=O. The predicted octanol–water partition coefficient (Wildman–Crippen LogP) is 2.25. The van der Waals surface area contributed by atoms with Crippen molar-refractivity contribution < 1.29 is 9.47 Å². The number of fused-ring (bicyclic) bond motifs is 1. The van der Waals surface area contributed by atoms with Gasteiger partial charge in [0.2, 0.25) is 0 Å². The summed E-state index contributed by atoms with van der Waals surface area (Å²) in [6.45, 7) is 2.45. The van der Waals surface area contributed by atoms with Crippen molar-refractivity contribution in [3.05, 3.63) is 68.9 Å². The van der Waals surface area contributed by atoms with E-state index in [-0.39, 0.29) is 11.2 Å². The maximum Gasteiger partial charge on any atom is 0.331 e. The van der Waals surface area contributed by atoms with E-state index in [2.05, 4.69) is 0 Å². The largest absolute Gasteiger partial charge is 0.493 e. The lowest BCUT2D eigenvalue weighted by Gasteiger charge is -2.16. The molecule has 0 radical (unpaired) electrons. The van der Waals surface area contributed by atoms with Crippen LogP contribution in [0.2, 0.25) is 0 Å². The van der Waals surface area contributed by atoms with Crippen LogP contribution < -0.4 is 20.7 Å². The molecule has 1 heterocycles. The normalized spacial score (nSPS) is 10.8. The van der Waals surface area contributed by atoms with Gasteiger partial charge in [0.1, 0.15) is 0 Å². The molecule has 25 heavy (non-hydrogen) atoms. The van der Waals surface area contributed by atoms with Crippen LogP contribution in [0.3, 0.4) is 0 Å². The van der Waals surface area contributed by atoms with Gasteiger partial charge in [0.25, 0.3) is 5.56 Å². The van der Waals surface area contributed by atoms with Crippen LogP contribution in [-0.2, 0) is 13.1 Å². The minimum Gasteiger partial charge on any atom is -0.493 e. The first-order valence-electron chi connectivity index (χ1n) is 8.04. The van der Waals surface area contributed by atoms with Gasteiger partial charge in [0.05, 0.1) is 31.7 Å². The zero-order valence-electron chi connectivity index (χ0n) is 14.5. The molecule has 3 rings (SSSR count). The van der Waals surface area contributed by atoms with Gasteiger partial charge in [0, 0.05) is 12.6 Å². The van der Waals surface area contributed by atoms with Gasteiger partial charge in [-0.05, 0) is 18.6 Å². The van der Waals surface area contributed by atoms with Crippen molar-refractivity contribution in [1.29, 1.82) is 0 Å². The topological polar surface area (TPSA) is 62.5 Å². The number of ether oxygens (including phenoxy) is 2. The smallest absolute Gasteiger partial charge is 0.331 e. The third-order valence-corrected chi connectivity index (χ3v) is 4.23. The third-order valence-electron chi connectivity index (χ3n) is 4.23. The maximum atomic E-state index is 12.8. The lowest BCUT2D eigenvalue weighted by molar-refractivity contribution is 0.355. The number of hydrogen-bond acceptors (Lipinski definition) is 4. The summed E-state index contributed by atoms with van der Waals surface area (Å²) in [4.78, 5) is 25.6. The van der Waals surface area contributed by atoms with Crippen LogP contribution in [0.15, 0.2) is 52.1 Å². The second kappa shape index (κ2) is 6.84. The standard InChI is InChI=1S/C19H20N2O4/c1-4-20-18(22)14-10-16(24-2)17(25-3)11-15(14)21(19(20)23)12-13-8-6-5-7-9-13/h5-11H,4,12H2,1-3H3. The van der Waals surface area contributed by atoms with E-state index in [9.17, 15) is 9.59 Å². The first-order chi connectivity index (χ1) is 12.1. The van der Waals surface area contributed by atoms with Gasteiger partial charge in [0.15, 0.2) is 11.5 Å². The summed E-state index contributed by atoms with van der Waals surface area (Å²) in [7, 11) is 3.04. The highest BCUT2D eigenvalue weighted by Crippen LogP contribution is 2.30. The fourth-order valence-corrected chi connectivity index (χ4v) is 2.94. The predicted molar refractivity (Wildman–Crippen MR) is 96.8 cm³/mol. The van der Waals surface area contributed by atoms with Gasteiger partial charge in [-0.25, -0.2) is 4.79 Å². The maximum absolute atomic E-state index is 12.8. The van der Waals surface area contributed by atoms with Gasteiger partial charge in [-0.1, -0.05) is 30.3 Å². The lowest BCUT2D eigenvalue weighted by Crippen LogP contribution is -2.39. The minimum absolute atomic E-state index is 0.302. The summed E-state index contributed by atoms with van der Waals surface area (Å²) >= 11 is 0. The molecule has 0 aliphatic carbocycles. The minimum atomic E-state index is -0.337. The highest BCUT2D eigenvalue weighted by Gasteiger charge is 2.16. The molecule has 6 nitrogen and oxygen atoms in total. The highest BCUT2D eigenvalue weighted by atomic mass is 16.5. The number of hydrogen-bond donors (Lipinski definition) is 0. The van der Waals surface area contributed by atoms with E-state index in [0.717, 1.165) is 5.56 Å². The summed E-state index contributed by atoms with van der Waals surface area (Å²) in [5.41, 5.74) is 0.840. The Morgan fingerprint density at radius 3 is 2.16 bits per heavy atom. The molecule has 0 aliphatic rings. The molecule has 6 heteroatoms. The van der Waals surface area contributed by atoms with Crippen LogP contribution in [-0.4, -0.2) is 23.4 Å². The lowest BCUT2D eigenvalue weighted by atomic mass is 10.2. The van der Waals surface area contributed by atoms with Crippen molar-refractivity contribution in [1.82, 2.24) is 9.13 Å². The van der Waals surface area contributed by atoms with Gasteiger partial charge < -0.3 is 9.47 Å². The Bertz CT molecular complexity index is 1020. The van der Waals surface area contributed by atoms with E-state index in [0.29, 0.717) is 35.5 Å². The second-order valence-corrected chi connectivity index (χ2v) is 5.63. The van der Waals surface area contributed by atoms with Crippen LogP contribution in [0.4, 0.5) is 0 Å². The van der Waals surface area contributed by atoms with Crippen molar-refractivity contribution >= 4 is 10.9 Å². The fourth-order valence-electron chi connectivity index (χ4n) is 2.94. The molecule has 130 valence electrons. The van der Waals surface area contributed by atoms with E-state index in [1.807, 2.05) is 30.3 Å². The zero-order valence-corrected chi connectivity index (χ0v) is 14.5. The summed E-state index contributed by atoms with van der Waals surface area (Å²) in [6, 6.07) is 13.0. The highest BCUT2D eigenvalue weighted by molar-refractivity contribution is 5.82. The molecule has 0 fully saturated rings. The Balaban J connectivity index is 2.37. The number of nitrogens with zero attached hydrogens (tertiary/aromatic N) is 2. The zero-order chi connectivity index (χ0) is 18.0. The average Bonchev–Trinajstić information content (AvgIpc) is 2.65. The number of aromatic nitrogens is 2. The molecule has 0 atom stereocenters. The Morgan fingerprint density at radius 2 is 1.56 bits per heavy atom. The monoisotopic (exact) mass is 340 g/mol. The molecule has 0 saturated carbocycles. The molecular formula is C19H20N2O4. The molecular weight excluding hydrogens is 320 g/mol. The number of rotatable bonds is 5. The van der Waals surface area contributed by atoms with Crippen LogP contribution in [0.5, 0.6) is 11.5 Å². The van der Waals surface area contributed by atoms with E-state index in [1.165, 1.54) is 18.8 Å². The quantitative estimate of drug-likeness (QED) is 0.715. The van der Waals surface area contributed by atoms with Crippen LogP contribution in [0, 0.1) is 0 Å². The Morgan fingerprint density at radius 1 is 0.920 bits per heavy atom. The molecule has 0 amide bonds. The number of methoxy groups -OCH3 is 2. The summed E-state index contributed by atoms with van der Waals surface area (Å²) < 4.78 is 13.5. The van der Waals surface area contributed by atoms with Gasteiger partial charge in [-0.3, -0.25) is 13.9 Å². The van der Waals surface area contributed by atoms with Crippen LogP contribution >= 0.6 is 0 Å². The molecule has 0 bridgehead atoms. The molecule has 3 aromatic rings. The summed E-state index contributed by atoms with van der Waals surface area (Å²) in [5.74, 6) is 0.935. The first kappa shape index (κ1) is 16.8. The summed E-state index contributed by atoms with van der Waals surface area (Å²) in [5, 5.41) is 0.426. The Hall–Kier alpha value is -3.02. The van der Waals surface area contributed by atoms with Crippen LogP contribution in [0.1, 0.15) is 12.5 Å². The molecule has 0 aliphatic heterocycles. The molecule has 2 aromatic carbocycles. The van der Waals surface area contributed by atoms with Gasteiger partial charge in [-0.2, -0.15) is 0 Å². The van der Waals surface area contributed by atoms with Crippen molar-refractivity contribution in [3.8, 4) is 11.5 Å². The van der Waals surface area contributed by atoms with Crippen molar-refractivity contribution in [3.63, 3.8) is 0 Å². The van der Waals surface area contributed by atoms with E-state index >= 15 is 0 Å². The molecule has 0 unspecified atom stereocenters. The fraction of sp³-hybridized carbons (Fsp3) is 0.263. The van der Waals surface area contributed by atoms with E-state index in [1.54, 1.807) is 23.6 Å². The molecule has 0 spiro atoms. The summed E-state index contributed by atoms with van der Waals surface area (Å²) in [6.07, 6.45) is 0. The second-order valence-electron chi connectivity index (χ2n) is 5.63. The number of benzene rings is 2. The molecule has 1 aromatic heterocycles. The Kier molecular flexibility index (Phi) is 4.61. The first-order valence-corrected chi connectivity index (χ1v) is 8.04. The van der Waals surface area contributed by atoms with E-state index in [4.69, 9.17) is 9.47 Å². The third kappa shape index (κ3) is 2.91. The van der Waals surface area contributed by atoms with Crippen molar-refractivity contribution in [2.75, 3.05) is 14.2 Å². The Labute approximate surface area is 144 Å². The van der Waals surface area contributed by atoms with Crippen LogP contribution in [0.25, 0.3) is 10.9 Å². The van der Waals surface area contributed by atoms with Gasteiger partial charge >= 0.3 is 5.69 Å². The molecule has 0 N–H and O–H groups in total. The van der Waals surface area contributed by atoms with Gasteiger partial charge in [-0.15, -0.1) is 0 Å². The molecule has 0 saturated heterocycles. The average molecular weight is 340 g/mol. The van der Waals surface area contributed by atoms with Crippen molar-refractivity contribution in [2.24, 2.45) is 0 Å². The van der Waals surface area contributed by atoms with Crippen molar-refractivity contribution in [2.45, 2.75) is 20.0 Å². The van der Waals surface area contributed by atoms with E-state index < -0.39 is 0 Å².